The Hall–Kier alpha value is -3.78. The fourth-order valence-corrected chi connectivity index (χ4v) is 4.97. The molecule has 7 nitrogen and oxygen atoms in total. The van der Waals surface area contributed by atoms with Crippen molar-refractivity contribution in [3.05, 3.63) is 83.9 Å². The Bertz CT molecular complexity index is 1310. The number of pyridine rings is 1. The van der Waals surface area contributed by atoms with Crippen LogP contribution in [-0.4, -0.2) is 53.4 Å². The summed E-state index contributed by atoms with van der Waals surface area (Å²) in [5.41, 5.74) is 3.21. The molecule has 5 rings (SSSR count). The number of aromatic nitrogens is 3. The van der Waals surface area contributed by atoms with Crippen LogP contribution in [0, 0.1) is 11.2 Å². The highest BCUT2D eigenvalue weighted by atomic mass is 35.5. The first-order chi connectivity index (χ1) is 17.5. The first kappa shape index (κ1) is 23.9. The maximum absolute atomic E-state index is 13.6. The molecule has 2 saturated heterocycles. The van der Waals surface area contributed by atoms with Gasteiger partial charge in [0, 0.05) is 61.5 Å². The van der Waals surface area contributed by atoms with Crippen molar-refractivity contribution in [2.45, 2.75) is 18.9 Å². The molecule has 0 amide bonds. The predicted octanol–water partition coefficient (Wildman–Crippen LogP) is 5.32. The van der Waals surface area contributed by atoms with E-state index in [1.54, 1.807) is 24.4 Å². The van der Waals surface area contributed by atoms with Crippen molar-refractivity contribution >= 4 is 35.4 Å². The Balaban J connectivity index is 1.49. The fraction of sp³-hybridized carbons (Fsp3) is 0.259. The number of halogens is 2. The van der Waals surface area contributed by atoms with Crippen LogP contribution >= 0.6 is 11.6 Å². The van der Waals surface area contributed by atoms with Gasteiger partial charge in [-0.1, -0.05) is 24.3 Å². The van der Waals surface area contributed by atoms with E-state index in [4.69, 9.17) is 27.0 Å². The number of rotatable bonds is 6. The highest BCUT2D eigenvalue weighted by molar-refractivity contribution is 6.33. The van der Waals surface area contributed by atoms with Gasteiger partial charge in [-0.05, 0) is 43.2 Å². The van der Waals surface area contributed by atoms with Gasteiger partial charge < -0.3 is 20.1 Å². The van der Waals surface area contributed by atoms with E-state index in [1.165, 1.54) is 18.3 Å². The molecule has 184 valence electrons. The number of hydrogen-bond acceptors (Lipinski definition) is 7. The van der Waals surface area contributed by atoms with Crippen molar-refractivity contribution in [1.29, 1.82) is 5.41 Å². The molecule has 0 bridgehead atoms. The third kappa shape index (κ3) is 4.68. The van der Waals surface area contributed by atoms with Gasteiger partial charge >= 0.3 is 0 Å². The van der Waals surface area contributed by atoms with Gasteiger partial charge in [-0.2, -0.15) is 4.98 Å². The molecule has 2 aliphatic rings. The van der Waals surface area contributed by atoms with Crippen LogP contribution < -0.4 is 14.7 Å². The lowest BCUT2D eigenvalue weighted by atomic mass is 10.1. The van der Waals surface area contributed by atoms with E-state index < -0.39 is 0 Å². The van der Waals surface area contributed by atoms with Crippen LogP contribution in [0.4, 0.5) is 22.0 Å². The second-order valence-corrected chi connectivity index (χ2v) is 9.31. The summed E-state index contributed by atoms with van der Waals surface area (Å²) >= 11 is 6.48. The van der Waals surface area contributed by atoms with Crippen molar-refractivity contribution in [2.24, 2.45) is 0 Å². The molecule has 9 heteroatoms. The van der Waals surface area contributed by atoms with Crippen molar-refractivity contribution in [3.63, 3.8) is 0 Å². The number of piperazine rings is 1. The molecule has 1 aromatic carbocycles. The van der Waals surface area contributed by atoms with Crippen LogP contribution in [0.2, 0.25) is 5.02 Å². The summed E-state index contributed by atoms with van der Waals surface area (Å²) < 4.78 is 13.6. The number of anilines is 3. The van der Waals surface area contributed by atoms with Crippen LogP contribution in [0.3, 0.4) is 0 Å². The van der Waals surface area contributed by atoms with Crippen molar-refractivity contribution < 1.29 is 4.39 Å². The van der Waals surface area contributed by atoms with E-state index in [0.717, 1.165) is 42.2 Å². The SMILES string of the molecule is C=CC1CN(c2ncc(C=N)cc2Cl)CCN1c1cc(-c2ccc(F)cc2)nc(N2CCCC2=C)n1. The second-order valence-electron chi connectivity index (χ2n) is 8.90. The Morgan fingerprint density at radius 3 is 2.58 bits per heavy atom. The number of allylic oxidation sites excluding steroid dienone is 1. The standard InChI is InChI=1S/C27H27ClFN7/c1-3-22-17-34(26-23(28)13-19(15-30)16-31-26)11-12-36(22)25-14-24(20-6-8-21(29)9-7-20)32-27(33-25)35-10-4-5-18(35)2/h3,6-9,13-16,22,30H,1-2,4-5,10-12,17H2. The highest BCUT2D eigenvalue weighted by Gasteiger charge is 2.30. The van der Waals surface area contributed by atoms with Crippen molar-refractivity contribution in [3.8, 4) is 11.3 Å². The predicted molar refractivity (Wildman–Crippen MR) is 144 cm³/mol. The third-order valence-electron chi connectivity index (χ3n) is 6.61. The number of benzene rings is 1. The Morgan fingerprint density at radius 2 is 1.92 bits per heavy atom. The number of nitrogens with one attached hydrogen (secondary N) is 1. The van der Waals surface area contributed by atoms with Gasteiger partial charge in [-0.15, -0.1) is 6.58 Å². The second kappa shape index (κ2) is 10.1. The van der Waals surface area contributed by atoms with Gasteiger partial charge in [0.05, 0.1) is 16.8 Å². The van der Waals surface area contributed by atoms with Crippen molar-refractivity contribution in [1.82, 2.24) is 15.0 Å². The van der Waals surface area contributed by atoms with E-state index in [2.05, 4.69) is 32.8 Å². The zero-order chi connectivity index (χ0) is 25.2. The van der Waals surface area contributed by atoms with Gasteiger partial charge in [-0.25, -0.2) is 14.4 Å². The van der Waals surface area contributed by atoms with E-state index in [-0.39, 0.29) is 11.9 Å². The van der Waals surface area contributed by atoms with Crippen LogP contribution in [0.5, 0.6) is 0 Å². The lowest BCUT2D eigenvalue weighted by molar-refractivity contribution is 0.575. The molecule has 0 aliphatic carbocycles. The summed E-state index contributed by atoms with van der Waals surface area (Å²) in [5.74, 6) is 1.79. The average Bonchev–Trinajstić information content (AvgIpc) is 3.34. The van der Waals surface area contributed by atoms with Gasteiger partial charge in [0.2, 0.25) is 5.95 Å². The molecule has 1 atom stereocenters. The smallest absolute Gasteiger partial charge is 0.232 e. The molecule has 1 N–H and O–H groups in total. The van der Waals surface area contributed by atoms with E-state index in [9.17, 15) is 4.39 Å². The zero-order valence-electron chi connectivity index (χ0n) is 19.9. The molecule has 3 aromatic rings. The lowest BCUT2D eigenvalue weighted by Crippen LogP contribution is -2.53. The first-order valence-electron chi connectivity index (χ1n) is 11.9. The summed E-state index contributed by atoms with van der Waals surface area (Å²) in [6.45, 7) is 11.1. The quantitative estimate of drug-likeness (QED) is 0.362. The molecule has 0 saturated carbocycles. The number of nitrogens with zero attached hydrogens (tertiary/aromatic N) is 6. The van der Waals surface area contributed by atoms with Gasteiger partial charge in [0.25, 0.3) is 0 Å². The fourth-order valence-electron chi connectivity index (χ4n) is 4.68. The minimum atomic E-state index is -0.287. The monoisotopic (exact) mass is 503 g/mol. The van der Waals surface area contributed by atoms with Crippen LogP contribution in [0.1, 0.15) is 18.4 Å². The maximum Gasteiger partial charge on any atom is 0.232 e. The molecular weight excluding hydrogens is 477 g/mol. The van der Waals surface area contributed by atoms with Gasteiger partial charge in [0.15, 0.2) is 0 Å². The molecule has 36 heavy (non-hydrogen) atoms. The largest absolute Gasteiger partial charge is 0.351 e. The van der Waals surface area contributed by atoms with E-state index in [0.29, 0.717) is 42.0 Å². The molecule has 2 aliphatic heterocycles. The average molecular weight is 504 g/mol. The Morgan fingerprint density at radius 1 is 1.11 bits per heavy atom. The molecule has 0 radical (unpaired) electrons. The van der Waals surface area contributed by atoms with Crippen molar-refractivity contribution in [2.75, 3.05) is 40.9 Å². The summed E-state index contributed by atoms with van der Waals surface area (Å²) in [6.07, 6.45) is 6.71. The van der Waals surface area contributed by atoms with E-state index >= 15 is 0 Å². The summed E-state index contributed by atoms with van der Waals surface area (Å²) in [4.78, 5) is 20.7. The molecule has 2 aromatic heterocycles. The summed E-state index contributed by atoms with van der Waals surface area (Å²) in [7, 11) is 0. The molecule has 4 heterocycles. The van der Waals surface area contributed by atoms with Crippen LogP contribution in [-0.2, 0) is 0 Å². The van der Waals surface area contributed by atoms with Gasteiger partial charge in [-0.3, -0.25) is 0 Å². The molecular formula is C27H27ClFN7. The minimum Gasteiger partial charge on any atom is -0.351 e. The van der Waals surface area contributed by atoms with E-state index in [1.807, 2.05) is 12.1 Å². The topological polar surface area (TPSA) is 72.2 Å². The normalized spacial score (nSPS) is 18.0. The third-order valence-corrected chi connectivity index (χ3v) is 6.88. The number of hydrogen-bond donors (Lipinski definition) is 1. The first-order valence-corrected chi connectivity index (χ1v) is 12.2. The molecule has 2 fully saturated rings. The van der Waals surface area contributed by atoms with Gasteiger partial charge in [0.1, 0.15) is 17.5 Å². The van der Waals surface area contributed by atoms with Crippen LogP contribution in [0.15, 0.2) is 67.5 Å². The Kier molecular flexibility index (Phi) is 6.69. The molecule has 1 unspecified atom stereocenters. The van der Waals surface area contributed by atoms with Crippen LogP contribution in [0.25, 0.3) is 11.3 Å². The molecule has 0 spiro atoms. The summed E-state index contributed by atoms with van der Waals surface area (Å²) in [6, 6.07) is 10.0. The highest BCUT2D eigenvalue weighted by Crippen LogP contribution is 2.32. The minimum absolute atomic E-state index is 0.0513. The Labute approximate surface area is 215 Å². The lowest BCUT2D eigenvalue weighted by Gasteiger charge is -2.41. The zero-order valence-corrected chi connectivity index (χ0v) is 20.6. The summed E-state index contributed by atoms with van der Waals surface area (Å²) in [5, 5.41) is 7.94. The maximum atomic E-state index is 13.6.